The van der Waals surface area contributed by atoms with Gasteiger partial charge in [-0.3, -0.25) is 4.79 Å². The Labute approximate surface area is 134 Å². The van der Waals surface area contributed by atoms with Crippen molar-refractivity contribution >= 4 is 11.6 Å². The first kappa shape index (κ1) is 18.5. The molecule has 4 nitrogen and oxygen atoms in total. The van der Waals surface area contributed by atoms with Gasteiger partial charge in [0.05, 0.1) is 13.2 Å². The van der Waals surface area contributed by atoms with Crippen molar-refractivity contribution in [3.63, 3.8) is 0 Å². The minimum absolute atomic E-state index is 0.00987. The molecule has 0 aromatic heterocycles. The zero-order valence-electron chi connectivity index (χ0n) is 14.0. The van der Waals surface area contributed by atoms with Gasteiger partial charge in [-0.2, -0.15) is 0 Å². The number of amides is 1. The number of unbranched alkanes of at least 4 members (excludes halogenated alkanes) is 4. The van der Waals surface area contributed by atoms with Crippen LogP contribution in [0, 0.1) is 0 Å². The van der Waals surface area contributed by atoms with E-state index in [9.17, 15) is 4.79 Å². The lowest BCUT2D eigenvalue weighted by Crippen LogP contribution is -2.28. The quantitative estimate of drug-likeness (QED) is 0.574. The van der Waals surface area contributed by atoms with Gasteiger partial charge in [0.1, 0.15) is 5.75 Å². The Morgan fingerprint density at radius 1 is 1.00 bits per heavy atom. The molecule has 0 saturated heterocycles. The van der Waals surface area contributed by atoms with Crippen LogP contribution in [-0.4, -0.2) is 25.6 Å². The Hall–Kier alpha value is -1.55. The Kier molecular flexibility index (Phi) is 10.1. The van der Waals surface area contributed by atoms with Crippen LogP contribution in [0.25, 0.3) is 0 Å². The van der Waals surface area contributed by atoms with Gasteiger partial charge in [-0.25, -0.2) is 0 Å². The predicted molar refractivity (Wildman–Crippen MR) is 92.5 cm³/mol. The zero-order valence-corrected chi connectivity index (χ0v) is 14.0. The number of benzene rings is 1. The van der Waals surface area contributed by atoms with Crippen LogP contribution >= 0.6 is 0 Å². The maximum atomic E-state index is 11.7. The highest BCUT2D eigenvalue weighted by Crippen LogP contribution is 2.16. The minimum Gasteiger partial charge on any atom is -0.494 e. The van der Waals surface area contributed by atoms with Gasteiger partial charge in [-0.1, -0.05) is 39.5 Å². The van der Waals surface area contributed by atoms with E-state index in [4.69, 9.17) is 4.74 Å². The lowest BCUT2D eigenvalue weighted by atomic mass is 10.2. The van der Waals surface area contributed by atoms with Crippen molar-refractivity contribution in [1.29, 1.82) is 0 Å². The maximum Gasteiger partial charge on any atom is 0.238 e. The van der Waals surface area contributed by atoms with E-state index in [-0.39, 0.29) is 5.91 Å². The molecule has 124 valence electrons. The Balaban J connectivity index is 2.22. The van der Waals surface area contributed by atoms with E-state index in [1.54, 1.807) is 0 Å². The van der Waals surface area contributed by atoms with Gasteiger partial charge in [0.15, 0.2) is 0 Å². The summed E-state index contributed by atoms with van der Waals surface area (Å²) in [7, 11) is 0. The number of ether oxygens (including phenoxy) is 1. The van der Waals surface area contributed by atoms with E-state index in [0.717, 1.165) is 43.9 Å². The van der Waals surface area contributed by atoms with Crippen LogP contribution < -0.4 is 15.4 Å². The van der Waals surface area contributed by atoms with Crippen LogP contribution in [0.1, 0.15) is 52.4 Å². The van der Waals surface area contributed by atoms with Crippen molar-refractivity contribution in [3.8, 4) is 5.75 Å². The molecule has 1 aromatic carbocycles. The zero-order chi connectivity index (χ0) is 16.0. The molecule has 0 unspecified atom stereocenters. The van der Waals surface area contributed by atoms with Crippen LogP contribution in [0.15, 0.2) is 24.3 Å². The van der Waals surface area contributed by atoms with Crippen LogP contribution in [0.4, 0.5) is 5.69 Å². The molecule has 0 radical (unpaired) electrons. The molecule has 0 atom stereocenters. The van der Waals surface area contributed by atoms with Crippen molar-refractivity contribution in [2.24, 2.45) is 0 Å². The van der Waals surface area contributed by atoms with E-state index in [0.29, 0.717) is 6.54 Å². The Morgan fingerprint density at radius 3 is 2.41 bits per heavy atom. The molecular weight excluding hydrogens is 276 g/mol. The average molecular weight is 306 g/mol. The van der Waals surface area contributed by atoms with Gasteiger partial charge < -0.3 is 15.4 Å². The van der Waals surface area contributed by atoms with Crippen molar-refractivity contribution < 1.29 is 9.53 Å². The maximum absolute atomic E-state index is 11.7. The number of carbonyl (C=O) groups is 1. The highest BCUT2D eigenvalue weighted by molar-refractivity contribution is 5.92. The lowest BCUT2D eigenvalue weighted by molar-refractivity contribution is -0.115. The average Bonchev–Trinajstić information content (AvgIpc) is 2.53. The molecule has 0 fully saturated rings. The lowest BCUT2D eigenvalue weighted by Gasteiger charge is -2.09. The van der Waals surface area contributed by atoms with Crippen LogP contribution in [-0.2, 0) is 4.79 Å². The third-order valence-electron chi connectivity index (χ3n) is 3.40. The molecule has 0 aliphatic rings. The fourth-order valence-electron chi connectivity index (χ4n) is 2.06. The second kappa shape index (κ2) is 12.0. The third-order valence-corrected chi connectivity index (χ3v) is 3.40. The molecule has 0 spiro atoms. The fraction of sp³-hybridized carbons (Fsp3) is 0.611. The Bertz CT molecular complexity index is 404. The SMILES string of the molecule is CCCCCCOc1ccc(NC(=O)CNCCCC)cc1. The molecule has 0 aliphatic heterocycles. The summed E-state index contributed by atoms with van der Waals surface area (Å²) < 4.78 is 5.68. The van der Waals surface area contributed by atoms with Gasteiger partial charge in [0.25, 0.3) is 0 Å². The molecule has 0 bridgehead atoms. The van der Waals surface area contributed by atoms with E-state index >= 15 is 0 Å². The number of hydrogen-bond acceptors (Lipinski definition) is 3. The van der Waals surface area contributed by atoms with Crippen molar-refractivity contribution in [2.75, 3.05) is 25.0 Å². The summed E-state index contributed by atoms with van der Waals surface area (Å²) >= 11 is 0. The Morgan fingerprint density at radius 2 is 1.73 bits per heavy atom. The number of nitrogens with one attached hydrogen (secondary N) is 2. The summed E-state index contributed by atoms with van der Waals surface area (Å²) in [6.45, 7) is 6.33. The summed E-state index contributed by atoms with van der Waals surface area (Å²) in [6, 6.07) is 7.57. The van der Waals surface area contributed by atoms with Crippen LogP contribution in [0.2, 0.25) is 0 Å². The van der Waals surface area contributed by atoms with Gasteiger partial charge in [0.2, 0.25) is 5.91 Å². The number of rotatable bonds is 12. The standard InChI is InChI=1S/C18H30N2O2/c1-3-5-7-8-14-22-17-11-9-16(10-12-17)20-18(21)15-19-13-6-4-2/h9-12,19H,3-8,13-15H2,1-2H3,(H,20,21). The monoisotopic (exact) mass is 306 g/mol. The minimum atomic E-state index is -0.00987. The molecule has 22 heavy (non-hydrogen) atoms. The van der Waals surface area contributed by atoms with Gasteiger partial charge in [-0.15, -0.1) is 0 Å². The summed E-state index contributed by atoms with van der Waals surface area (Å²) in [5.41, 5.74) is 0.806. The summed E-state index contributed by atoms with van der Waals surface area (Å²) in [4.78, 5) is 11.7. The molecule has 1 rings (SSSR count). The first-order chi connectivity index (χ1) is 10.8. The van der Waals surface area contributed by atoms with Gasteiger partial charge >= 0.3 is 0 Å². The predicted octanol–water partition coefficient (Wildman–Crippen LogP) is 3.97. The molecule has 1 amide bonds. The number of anilines is 1. The number of hydrogen-bond donors (Lipinski definition) is 2. The van der Waals surface area contributed by atoms with Crippen LogP contribution in [0.5, 0.6) is 5.75 Å². The first-order valence-corrected chi connectivity index (χ1v) is 8.49. The van der Waals surface area contributed by atoms with Crippen molar-refractivity contribution in [2.45, 2.75) is 52.4 Å². The molecule has 0 heterocycles. The smallest absolute Gasteiger partial charge is 0.238 e. The fourth-order valence-corrected chi connectivity index (χ4v) is 2.06. The molecule has 2 N–H and O–H groups in total. The molecule has 1 aromatic rings. The van der Waals surface area contributed by atoms with Gasteiger partial charge in [0, 0.05) is 5.69 Å². The third kappa shape index (κ3) is 8.67. The van der Waals surface area contributed by atoms with Crippen molar-refractivity contribution in [1.82, 2.24) is 5.32 Å². The number of carbonyl (C=O) groups excluding carboxylic acids is 1. The van der Waals surface area contributed by atoms with Crippen molar-refractivity contribution in [3.05, 3.63) is 24.3 Å². The van der Waals surface area contributed by atoms with E-state index in [2.05, 4.69) is 24.5 Å². The van der Waals surface area contributed by atoms with E-state index in [1.165, 1.54) is 19.3 Å². The largest absolute Gasteiger partial charge is 0.494 e. The molecule has 4 heteroatoms. The second-order valence-corrected chi connectivity index (χ2v) is 5.51. The summed E-state index contributed by atoms with van der Waals surface area (Å²) in [6.07, 6.45) is 7.04. The van der Waals surface area contributed by atoms with E-state index in [1.807, 2.05) is 24.3 Å². The molecule has 0 saturated carbocycles. The van der Waals surface area contributed by atoms with E-state index < -0.39 is 0 Å². The highest BCUT2D eigenvalue weighted by atomic mass is 16.5. The first-order valence-electron chi connectivity index (χ1n) is 8.49. The summed E-state index contributed by atoms with van der Waals surface area (Å²) in [5.74, 6) is 0.847. The van der Waals surface area contributed by atoms with Crippen LogP contribution in [0.3, 0.4) is 0 Å². The van der Waals surface area contributed by atoms with Gasteiger partial charge in [-0.05, 0) is 43.7 Å². The second-order valence-electron chi connectivity index (χ2n) is 5.51. The topological polar surface area (TPSA) is 50.4 Å². The molecular formula is C18H30N2O2. The highest BCUT2D eigenvalue weighted by Gasteiger charge is 2.02. The normalized spacial score (nSPS) is 10.5. The molecule has 0 aliphatic carbocycles. The summed E-state index contributed by atoms with van der Waals surface area (Å²) in [5, 5.41) is 6.00.